The number of rotatable bonds is 2. The number of hydrogen-bond donors (Lipinski definition) is 0. The predicted octanol–water partition coefficient (Wildman–Crippen LogP) is 3.28. The van der Waals surface area contributed by atoms with Gasteiger partial charge >= 0.3 is 0 Å². The molecule has 1 aliphatic heterocycles. The Bertz CT molecular complexity index is 353. The zero-order valence-corrected chi connectivity index (χ0v) is 11.1. The van der Waals surface area contributed by atoms with E-state index in [2.05, 4.69) is 42.9 Å². The summed E-state index contributed by atoms with van der Waals surface area (Å²) in [6.45, 7) is 5.36. The second-order valence-corrected chi connectivity index (χ2v) is 5.30. The fourth-order valence-electron chi connectivity index (χ4n) is 2.74. The Labute approximate surface area is 105 Å². The molecule has 2 heterocycles. The second kappa shape index (κ2) is 5.63. The van der Waals surface area contributed by atoms with Gasteiger partial charge in [0.25, 0.3) is 0 Å². The van der Waals surface area contributed by atoms with E-state index in [0.717, 1.165) is 18.7 Å². The van der Waals surface area contributed by atoms with Crippen molar-refractivity contribution in [3.8, 4) is 0 Å². The van der Waals surface area contributed by atoms with Crippen LogP contribution in [0.15, 0.2) is 12.1 Å². The van der Waals surface area contributed by atoms with Gasteiger partial charge in [0.2, 0.25) is 0 Å². The molecule has 0 amide bonds. The minimum Gasteiger partial charge on any atom is -0.456 e. The van der Waals surface area contributed by atoms with Crippen molar-refractivity contribution in [3.05, 3.63) is 36.1 Å². The van der Waals surface area contributed by atoms with Gasteiger partial charge < -0.3 is 4.90 Å². The van der Waals surface area contributed by atoms with E-state index < -0.39 is 0 Å². The van der Waals surface area contributed by atoms with E-state index in [4.69, 9.17) is 0 Å². The lowest BCUT2D eigenvalue weighted by Gasteiger charge is -2.33. The van der Waals surface area contributed by atoms with Crippen molar-refractivity contribution in [2.75, 3.05) is 6.54 Å². The van der Waals surface area contributed by atoms with Crippen LogP contribution in [-0.4, -0.2) is 22.5 Å². The van der Waals surface area contributed by atoms with Crippen LogP contribution in [0.25, 0.3) is 0 Å². The molecular weight excluding hydrogens is 208 g/mol. The second-order valence-electron chi connectivity index (χ2n) is 5.30. The van der Waals surface area contributed by atoms with Crippen LogP contribution in [0.3, 0.4) is 0 Å². The van der Waals surface area contributed by atoms with Gasteiger partial charge in [0.15, 0.2) is 0 Å². The van der Waals surface area contributed by atoms with Crippen molar-refractivity contribution in [3.63, 3.8) is 0 Å². The molecule has 94 valence electrons. The van der Waals surface area contributed by atoms with Crippen LogP contribution in [0.1, 0.15) is 42.6 Å². The fraction of sp³-hybridized carbons (Fsp3) is 0.600. The number of aromatic nitrogens is 1. The van der Waals surface area contributed by atoms with Gasteiger partial charge in [-0.3, -0.25) is 12.0 Å². The Balaban J connectivity index is 2.07. The van der Waals surface area contributed by atoms with Gasteiger partial charge in [0.1, 0.15) is 0 Å². The number of likely N-dealkylation sites (tertiary alicyclic amines) is 1. The Morgan fingerprint density at radius 1 is 1.29 bits per heavy atom. The van der Waals surface area contributed by atoms with E-state index in [1.807, 2.05) is 0 Å². The van der Waals surface area contributed by atoms with Crippen molar-refractivity contribution in [1.82, 2.24) is 9.88 Å². The molecule has 0 aromatic carbocycles. The van der Waals surface area contributed by atoms with E-state index in [-0.39, 0.29) is 0 Å². The smallest absolute Gasteiger partial charge is 0.0424 e. The molecule has 17 heavy (non-hydrogen) atoms. The average Bonchev–Trinajstić information content (AvgIpc) is 2.43. The highest BCUT2D eigenvalue weighted by atomic mass is 15.1. The minimum atomic E-state index is 0.575. The molecule has 0 aliphatic carbocycles. The zero-order chi connectivity index (χ0) is 12.3. The molecule has 0 spiro atoms. The third-order valence-corrected chi connectivity index (χ3v) is 3.59. The first-order chi connectivity index (χ1) is 8.15. The summed E-state index contributed by atoms with van der Waals surface area (Å²) in [6.07, 6.45) is 6.29. The van der Waals surface area contributed by atoms with Gasteiger partial charge in [0, 0.05) is 17.8 Å². The van der Waals surface area contributed by atoms with Crippen molar-refractivity contribution in [2.24, 2.45) is 0 Å². The number of hydrogen-bond acceptors (Lipinski definition) is 2. The van der Waals surface area contributed by atoms with E-state index in [0.29, 0.717) is 6.04 Å². The maximum absolute atomic E-state index is 4.64. The van der Waals surface area contributed by atoms with Crippen LogP contribution >= 0.6 is 0 Å². The fourth-order valence-corrected chi connectivity index (χ4v) is 2.74. The molecule has 0 N–H and O–H groups in total. The lowest BCUT2D eigenvalue weighted by Crippen LogP contribution is -2.31. The minimum absolute atomic E-state index is 0.575. The molecule has 0 saturated carbocycles. The molecular formula is C15H23N2-. The van der Waals surface area contributed by atoms with Crippen LogP contribution in [0, 0.1) is 20.9 Å². The molecule has 1 aliphatic rings. The first kappa shape index (κ1) is 12.6. The summed E-state index contributed by atoms with van der Waals surface area (Å²) < 4.78 is 0. The zero-order valence-electron chi connectivity index (χ0n) is 11.1. The van der Waals surface area contributed by atoms with Crippen LogP contribution in [0.2, 0.25) is 0 Å². The first-order valence-corrected chi connectivity index (χ1v) is 6.66. The summed E-state index contributed by atoms with van der Waals surface area (Å²) in [6, 6.07) is 4.93. The summed E-state index contributed by atoms with van der Waals surface area (Å²) >= 11 is 0. The van der Waals surface area contributed by atoms with Crippen LogP contribution < -0.4 is 0 Å². The summed E-state index contributed by atoms with van der Waals surface area (Å²) in [4.78, 5) is 6.91. The van der Waals surface area contributed by atoms with Gasteiger partial charge in [-0.1, -0.05) is 12.8 Å². The van der Waals surface area contributed by atoms with Gasteiger partial charge in [-0.15, -0.1) is 0 Å². The van der Waals surface area contributed by atoms with Crippen LogP contribution in [-0.2, 0) is 6.42 Å². The highest BCUT2D eigenvalue weighted by Crippen LogP contribution is 2.19. The largest absolute Gasteiger partial charge is 0.456 e. The number of nitrogens with zero attached hydrogens (tertiary/aromatic N) is 2. The van der Waals surface area contributed by atoms with E-state index in [1.165, 1.54) is 36.9 Å². The topological polar surface area (TPSA) is 16.1 Å². The van der Waals surface area contributed by atoms with E-state index in [9.17, 15) is 0 Å². The Kier molecular flexibility index (Phi) is 4.16. The van der Waals surface area contributed by atoms with E-state index >= 15 is 0 Å². The highest BCUT2D eigenvalue weighted by Gasteiger charge is 2.14. The van der Waals surface area contributed by atoms with Gasteiger partial charge in [-0.05, 0) is 57.0 Å². The van der Waals surface area contributed by atoms with Crippen LogP contribution in [0.4, 0.5) is 0 Å². The van der Waals surface area contributed by atoms with Crippen molar-refractivity contribution >= 4 is 0 Å². The SMILES string of the molecule is [CH2-]N1CCCCCC1Cc1cc(C)cc(C)n1. The number of aryl methyl sites for hydroxylation is 2. The Morgan fingerprint density at radius 2 is 2.12 bits per heavy atom. The monoisotopic (exact) mass is 231 g/mol. The summed E-state index contributed by atoms with van der Waals surface area (Å²) in [5, 5.41) is 0. The number of pyridine rings is 1. The standard InChI is InChI=1S/C15H23N2/c1-12-9-13(2)16-14(10-12)11-15-7-5-4-6-8-17(15)3/h9-10,15H,3-8,11H2,1-2H3/q-1. The van der Waals surface area contributed by atoms with Gasteiger partial charge in [0.05, 0.1) is 0 Å². The molecule has 1 atom stereocenters. The van der Waals surface area contributed by atoms with Gasteiger partial charge in [-0.2, -0.15) is 0 Å². The molecule has 0 radical (unpaired) electrons. The predicted molar refractivity (Wildman–Crippen MR) is 71.7 cm³/mol. The summed E-state index contributed by atoms with van der Waals surface area (Å²) in [7, 11) is 4.19. The van der Waals surface area contributed by atoms with Crippen molar-refractivity contribution < 1.29 is 0 Å². The van der Waals surface area contributed by atoms with Crippen molar-refractivity contribution in [1.29, 1.82) is 0 Å². The molecule has 1 aromatic heterocycles. The average molecular weight is 231 g/mol. The maximum Gasteiger partial charge on any atom is 0.0424 e. The summed E-state index contributed by atoms with van der Waals surface area (Å²) in [5.41, 5.74) is 3.67. The van der Waals surface area contributed by atoms with Crippen LogP contribution in [0.5, 0.6) is 0 Å². The molecule has 2 rings (SSSR count). The molecule has 2 heteroatoms. The Morgan fingerprint density at radius 3 is 2.88 bits per heavy atom. The lowest BCUT2D eigenvalue weighted by molar-refractivity contribution is 0.272. The third kappa shape index (κ3) is 3.53. The summed E-state index contributed by atoms with van der Waals surface area (Å²) in [5.74, 6) is 0. The van der Waals surface area contributed by atoms with E-state index in [1.54, 1.807) is 0 Å². The molecule has 0 bridgehead atoms. The maximum atomic E-state index is 4.64. The molecule has 1 fully saturated rings. The molecule has 1 unspecified atom stereocenters. The Hall–Kier alpha value is -0.890. The highest BCUT2D eigenvalue weighted by molar-refractivity contribution is 5.20. The lowest BCUT2D eigenvalue weighted by atomic mass is 10.0. The molecule has 2 nitrogen and oxygen atoms in total. The van der Waals surface area contributed by atoms with Crippen molar-refractivity contribution in [2.45, 2.75) is 52.0 Å². The quantitative estimate of drug-likeness (QED) is 0.726. The van der Waals surface area contributed by atoms with Gasteiger partial charge in [-0.25, -0.2) is 0 Å². The third-order valence-electron chi connectivity index (χ3n) is 3.59. The first-order valence-electron chi connectivity index (χ1n) is 6.66. The molecule has 1 aromatic rings. The normalized spacial score (nSPS) is 22.4. The molecule has 1 saturated heterocycles.